The molecule has 0 bridgehead atoms. The fourth-order valence-electron chi connectivity index (χ4n) is 5.47. The second kappa shape index (κ2) is 6.25. The number of para-hydroxylation sites is 3. The highest BCUT2D eigenvalue weighted by Crippen LogP contribution is 2.50. The maximum atomic E-state index is 6.57. The highest BCUT2D eigenvalue weighted by Gasteiger charge is 2.24. The molecular formula is C30H17NOS. The standard InChI is InChI=1S/C30H17NOS/c1-2-10-18(11-3-1)31-22-15-7-4-12-19(22)25-26-20-13-5-8-16-23(20)32-29(26)30-27(28(25)31)21-14-6-9-17-24(21)33-30/h1-17H. The molecule has 8 rings (SSSR count). The third-order valence-electron chi connectivity index (χ3n) is 6.77. The van der Waals surface area contributed by atoms with Gasteiger partial charge in [-0.25, -0.2) is 0 Å². The first-order valence-electron chi connectivity index (χ1n) is 11.1. The van der Waals surface area contributed by atoms with Gasteiger partial charge >= 0.3 is 0 Å². The number of aromatic nitrogens is 1. The Morgan fingerprint density at radius 2 is 1.27 bits per heavy atom. The van der Waals surface area contributed by atoms with Crippen molar-refractivity contribution in [3.8, 4) is 5.69 Å². The molecule has 0 unspecified atom stereocenters. The molecule has 3 heteroatoms. The third-order valence-corrected chi connectivity index (χ3v) is 7.94. The van der Waals surface area contributed by atoms with Gasteiger partial charge in [0.15, 0.2) is 5.58 Å². The average molecular weight is 440 g/mol. The molecule has 3 aromatic heterocycles. The van der Waals surface area contributed by atoms with E-state index in [9.17, 15) is 0 Å². The predicted octanol–water partition coefficient (Wildman–Crippen LogP) is 9.05. The number of fused-ring (bicyclic) bond motifs is 12. The average Bonchev–Trinajstić information content (AvgIpc) is 3.54. The number of rotatable bonds is 1. The number of hydrogen-bond acceptors (Lipinski definition) is 2. The molecule has 154 valence electrons. The van der Waals surface area contributed by atoms with Gasteiger partial charge in [-0.2, -0.15) is 0 Å². The van der Waals surface area contributed by atoms with Gasteiger partial charge in [0.1, 0.15) is 5.58 Å². The highest BCUT2D eigenvalue weighted by molar-refractivity contribution is 7.26. The first-order valence-corrected chi connectivity index (χ1v) is 11.9. The Morgan fingerprint density at radius 1 is 0.576 bits per heavy atom. The number of furan rings is 1. The van der Waals surface area contributed by atoms with Crippen molar-refractivity contribution < 1.29 is 4.42 Å². The molecule has 0 aliphatic carbocycles. The van der Waals surface area contributed by atoms with E-state index >= 15 is 0 Å². The van der Waals surface area contributed by atoms with Crippen LogP contribution >= 0.6 is 11.3 Å². The minimum atomic E-state index is 0.940. The second-order valence-corrected chi connectivity index (χ2v) is 9.57. The number of benzene rings is 5. The lowest BCUT2D eigenvalue weighted by atomic mass is 10.0. The first-order chi connectivity index (χ1) is 16.4. The van der Waals surface area contributed by atoms with Gasteiger partial charge < -0.3 is 8.98 Å². The molecule has 0 amide bonds. The van der Waals surface area contributed by atoms with E-state index in [-0.39, 0.29) is 0 Å². The Kier molecular flexibility index (Phi) is 3.31. The second-order valence-electron chi connectivity index (χ2n) is 8.52. The van der Waals surface area contributed by atoms with E-state index in [4.69, 9.17) is 4.42 Å². The molecule has 0 aliphatic rings. The van der Waals surface area contributed by atoms with Crippen molar-refractivity contribution in [1.82, 2.24) is 4.57 Å². The van der Waals surface area contributed by atoms with Crippen LogP contribution in [-0.2, 0) is 0 Å². The van der Waals surface area contributed by atoms with E-state index in [1.54, 1.807) is 0 Å². The molecule has 0 radical (unpaired) electrons. The summed E-state index contributed by atoms with van der Waals surface area (Å²) in [5.74, 6) is 0. The molecule has 0 atom stereocenters. The predicted molar refractivity (Wildman–Crippen MR) is 141 cm³/mol. The Labute approximate surface area is 192 Å². The van der Waals surface area contributed by atoms with Crippen LogP contribution in [0.2, 0.25) is 0 Å². The SMILES string of the molecule is c1ccc(-n2c3ccccc3c3c4c5ccccc5oc4c4sc5ccccc5c4c32)cc1. The van der Waals surface area contributed by atoms with Crippen LogP contribution < -0.4 is 0 Å². The normalized spacial score (nSPS) is 12.2. The summed E-state index contributed by atoms with van der Waals surface area (Å²) in [6.45, 7) is 0. The molecule has 3 heterocycles. The zero-order valence-corrected chi connectivity index (χ0v) is 18.4. The van der Waals surface area contributed by atoms with Gasteiger partial charge in [0.05, 0.1) is 15.7 Å². The fourth-order valence-corrected chi connectivity index (χ4v) is 6.66. The topological polar surface area (TPSA) is 18.1 Å². The zero-order chi connectivity index (χ0) is 21.5. The van der Waals surface area contributed by atoms with Crippen molar-refractivity contribution in [3.05, 3.63) is 103 Å². The summed E-state index contributed by atoms with van der Waals surface area (Å²) < 4.78 is 11.5. The lowest BCUT2D eigenvalue weighted by Crippen LogP contribution is -1.93. The minimum Gasteiger partial charge on any atom is -0.455 e. The lowest BCUT2D eigenvalue weighted by Gasteiger charge is -2.09. The van der Waals surface area contributed by atoms with Crippen molar-refractivity contribution in [2.24, 2.45) is 0 Å². The Morgan fingerprint density at radius 3 is 2.15 bits per heavy atom. The summed E-state index contributed by atoms with van der Waals surface area (Å²) in [6, 6.07) is 36.6. The van der Waals surface area contributed by atoms with Crippen LogP contribution in [0.3, 0.4) is 0 Å². The van der Waals surface area contributed by atoms with Crippen molar-refractivity contribution in [2.45, 2.75) is 0 Å². The first kappa shape index (κ1) is 17.5. The molecular weight excluding hydrogens is 422 g/mol. The molecule has 0 saturated carbocycles. The quantitative estimate of drug-likeness (QED) is 0.249. The minimum absolute atomic E-state index is 0.940. The lowest BCUT2D eigenvalue weighted by molar-refractivity contribution is 0.673. The van der Waals surface area contributed by atoms with Gasteiger partial charge in [-0.1, -0.05) is 72.8 Å². The van der Waals surface area contributed by atoms with Crippen LogP contribution in [0.4, 0.5) is 0 Å². The monoisotopic (exact) mass is 439 g/mol. The van der Waals surface area contributed by atoms with Gasteiger partial charge in [-0.3, -0.25) is 0 Å². The van der Waals surface area contributed by atoms with Crippen molar-refractivity contribution in [3.63, 3.8) is 0 Å². The van der Waals surface area contributed by atoms with Gasteiger partial charge in [0, 0.05) is 42.7 Å². The Balaban J connectivity index is 1.81. The summed E-state index contributed by atoms with van der Waals surface area (Å²) in [6.07, 6.45) is 0. The van der Waals surface area contributed by atoms with Crippen molar-refractivity contribution in [2.75, 3.05) is 0 Å². The molecule has 5 aromatic carbocycles. The van der Waals surface area contributed by atoms with Crippen LogP contribution in [0.1, 0.15) is 0 Å². The summed E-state index contributed by atoms with van der Waals surface area (Å²) in [7, 11) is 0. The molecule has 2 nitrogen and oxygen atoms in total. The smallest absolute Gasteiger partial charge is 0.154 e. The third kappa shape index (κ3) is 2.17. The summed E-state index contributed by atoms with van der Waals surface area (Å²) in [5.41, 5.74) is 5.58. The molecule has 0 aliphatic heterocycles. The van der Waals surface area contributed by atoms with E-state index in [1.165, 1.54) is 58.4 Å². The van der Waals surface area contributed by atoms with Gasteiger partial charge in [0.2, 0.25) is 0 Å². The van der Waals surface area contributed by atoms with E-state index in [1.807, 2.05) is 11.3 Å². The van der Waals surface area contributed by atoms with Crippen LogP contribution in [0.5, 0.6) is 0 Å². The number of nitrogens with zero attached hydrogens (tertiary/aromatic N) is 1. The number of hydrogen-bond donors (Lipinski definition) is 0. The maximum absolute atomic E-state index is 6.57. The van der Waals surface area contributed by atoms with E-state index in [0.717, 1.165) is 11.2 Å². The van der Waals surface area contributed by atoms with Crippen LogP contribution in [0, 0.1) is 0 Å². The number of thiophene rings is 1. The molecule has 0 saturated heterocycles. The zero-order valence-electron chi connectivity index (χ0n) is 17.6. The van der Waals surface area contributed by atoms with Gasteiger partial charge in [-0.05, 0) is 30.3 Å². The summed E-state index contributed by atoms with van der Waals surface area (Å²) in [4.78, 5) is 0. The van der Waals surface area contributed by atoms with Gasteiger partial charge in [0.25, 0.3) is 0 Å². The Hall–Kier alpha value is -4.08. The summed E-state index contributed by atoms with van der Waals surface area (Å²) >= 11 is 1.83. The van der Waals surface area contributed by atoms with E-state index in [0.29, 0.717) is 0 Å². The molecule has 0 N–H and O–H groups in total. The molecule has 0 spiro atoms. The highest BCUT2D eigenvalue weighted by atomic mass is 32.1. The van der Waals surface area contributed by atoms with E-state index < -0.39 is 0 Å². The van der Waals surface area contributed by atoms with Crippen molar-refractivity contribution in [1.29, 1.82) is 0 Å². The van der Waals surface area contributed by atoms with Gasteiger partial charge in [-0.15, -0.1) is 11.3 Å². The van der Waals surface area contributed by atoms with Crippen LogP contribution in [0.15, 0.2) is 108 Å². The maximum Gasteiger partial charge on any atom is 0.154 e. The largest absolute Gasteiger partial charge is 0.455 e. The molecule has 33 heavy (non-hydrogen) atoms. The van der Waals surface area contributed by atoms with Crippen LogP contribution in [0.25, 0.3) is 69.6 Å². The van der Waals surface area contributed by atoms with E-state index in [2.05, 4.69) is 108 Å². The summed E-state index contributed by atoms with van der Waals surface area (Å²) in [5, 5.41) is 7.47. The van der Waals surface area contributed by atoms with Crippen LogP contribution in [-0.4, -0.2) is 4.57 Å². The fraction of sp³-hybridized carbons (Fsp3) is 0. The molecule has 8 aromatic rings. The Bertz CT molecular complexity index is 2020. The molecule has 0 fully saturated rings. The van der Waals surface area contributed by atoms with Crippen molar-refractivity contribution >= 4 is 75.3 Å².